The van der Waals surface area contributed by atoms with Gasteiger partial charge in [0, 0.05) is 6.42 Å². The lowest BCUT2D eigenvalue weighted by Crippen LogP contribution is -2.02. The molecule has 0 saturated carbocycles. The molecule has 1 rings (SSSR count). The van der Waals surface area contributed by atoms with Crippen molar-refractivity contribution >= 4 is 5.78 Å². The number of halogens is 1. The molecule has 0 unspecified atom stereocenters. The Morgan fingerprint density at radius 1 is 1.47 bits per heavy atom. The molecule has 0 spiro atoms. The number of Topliss-reactive ketones (excluding diaryl/α,β-unsaturated/α-hetero) is 1. The van der Waals surface area contributed by atoms with E-state index in [0.29, 0.717) is 17.7 Å². The fourth-order valence-corrected chi connectivity index (χ4v) is 1.37. The Balaban J connectivity index is 2.90. The standard InChI is InChI=1S/C12H15FO2/c1-3-4-5-11(14)10-8-9(13)6-7-12(10)15-2/h6-8H,3-5H2,1-2H3. The van der Waals surface area contributed by atoms with Crippen LogP contribution < -0.4 is 4.74 Å². The van der Waals surface area contributed by atoms with Crippen molar-refractivity contribution in [2.45, 2.75) is 26.2 Å². The molecule has 0 radical (unpaired) electrons. The van der Waals surface area contributed by atoms with E-state index in [0.717, 1.165) is 12.8 Å². The van der Waals surface area contributed by atoms with E-state index in [2.05, 4.69) is 0 Å². The van der Waals surface area contributed by atoms with Crippen LogP contribution in [0.25, 0.3) is 0 Å². The van der Waals surface area contributed by atoms with Crippen LogP contribution in [0.3, 0.4) is 0 Å². The molecule has 0 aromatic heterocycles. The van der Waals surface area contributed by atoms with Crippen molar-refractivity contribution in [1.82, 2.24) is 0 Å². The van der Waals surface area contributed by atoms with Crippen molar-refractivity contribution in [1.29, 1.82) is 0 Å². The Labute approximate surface area is 89.1 Å². The van der Waals surface area contributed by atoms with Gasteiger partial charge in [-0.2, -0.15) is 0 Å². The number of unbranched alkanes of at least 4 members (excludes halogenated alkanes) is 1. The lowest BCUT2D eigenvalue weighted by atomic mass is 10.0. The number of hydrogen-bond acceptors (Lipinski definition) is 2. The third-order valence-corrected chi connectivity index (χ3v) is 2.22. The molecule has 0 aliphatic rings. The van der Waals surface area contributed by atoms with Gasteiger partial charge in [-0.05, 0) is 24.6 Å². The zero-order valence-corrected chi connectivity index (χ0v) is 9.05. The summed E-state index contributed by atoms with van der Waals surface area (Å²) in [6.45, 7) is 2.01. The van der Waals surface area contributed by atoms with Gasteiger partial charge in [0.2, 0.25) is 0 Å². The van der Waals surface area contributed by atoms with Crippen LogP contribution in [0, 0.1) is 5.82 Å². The van der Waals surface area contributed by atoms with Gasteiger partial charge in [-0.15, -0.1) is 0 Å². The summed E-state index contributed by atoms with van der Waals surface area (Å²) in [4.78, 5) is 11.7. The molecule has 0 heterocycles. The summed E-state index contributed by atoms with van der Waals surface area (Å²) in [5.74, 6) is -0.0265. The summed E-state index contributed by atoms with van der Waals surface area (Å²) < 4.78 is 18.0. The molecule has 0 fully saturated rings. The average Bonchev–Trinajstić information content (AvgIpc) is 2.25. The molecule has 82 valence electrons. The highest BCUT2D eigenvalue weighted by Crippen LogP contribution is 2.21. The van der Waals surface area contributed by atoms with Crippen molar-refractivity contribution in [3.63, 3.8) is 0 Å². The quantitative estimate of drug-likeness (QED) is 0.697. The summed E-state index contributed by atoms with van der Waals surface area (Å²) in [5.41, 5.74) is 0.339. The molecular weight excluding hydrogens is 195 g/mol. The number of ether oxygens (including phenoxy) is 1. The van der Waals surface area contributed by atoms with E-state index in [4.69, 9.17) is 4.74 Å². The molecule has 0 aliphatic carbocycles. The largest absolute Gasteiger partial charge is 0.496 e. The van der Waals surface area contributed by atoms with Crippen molar-refractivity contribution in [2.24, 2.45) is 0 Å². The minimum absolute atomic E-state index is 0.0619. The Bertz CT molecular complexity index is 347. The highest BCUT2D eigenvalue weighted by molar-refractivity contribution is 5.98. The maximum Gasteiger partial charge on any atom is 0.166 e. The van der Waals surface area contributed by atoms with Gasteiger partial charge in [-0.1, -0.05) is 13.3 Å². The predicted octanol–water partition coefficient (Wildman–Crippen LogP) is 3.21. The number of carbonyl (C=O) groups excluding carboxylic acids is 1. The number of benzene rings is 1. The first-order valence-corrected chi connectivity index (χ1v) is 5.05. The third kappa shape index (κ3) is 3.05. The average molecular weight is 210 g/mol. The van der Waals surface area contributed by atoms with Crippen molar-refractivity contribution in [3.05, 3.63) is 29.6 Å². The monoisotopic (exact) mass is 210 g/mol. The van der Waals surface area contributed by atoms with Gasteiger partial charge < -0.3 is 4.74 Å². The SMILES string of the molecule is CCCCC(=O)c1cc(F)ccc1OC. The molecule has 0 atom stereocenters. The number of hydrogen-bond donors (Lipinski definition) is 0. The van der Waals surface area contributed by atoms with Crippen LogP contribution in [0.4, 0.5) is 4.39 Å². The normalized spacial score (nSPS) is 10.1. The first-order chi connectivity index (χ1) is 7.19. The van der Waals surface area contributed by atoms with E-state index in [9.17, 15) is 9.18 Å². The first-order valence-electron chi connectivity index (χ1n) is 5.05. The summed E-state index contributed by atoms with van der Waals surface area (Å²) in [6.07, 6.45) is 2.21. The maximum absolute atomic E-state index is 13.0. The van der Waals surface area contributed by atoms with Crippen LogP contribution in [-0.2, 0) is 0 Å². The number of ketones is 1. The molecular formula is C12H15FO2. The van der Waals surface area contributed by atoms with Gasteiger partial charge >= 0.3 is 0 Å². The number of methoxy groups -OCH3 is 1. The third-order valence-electron chi connectivity index (χ3n) is 2.22. The van der Waals surface area contributed by atoms with Crippen LogP contribution in [0.5, 0.6) is 5.75 Å². The van der Waals surface area contributed by atoms with Crippen LogP contribution in [0.15, 0.2) is 18.2 Å². The second kappa shape index (κ2) is 5.49. The summed E-state index contributed by atoms with van der Waals surface area (Å²) >= 11 is 0. The van der Waals surface area contributed by atoms with E-state index in [-0.39, 0.29) is 5.78 Å². The highest BCUT2D eigenvalue weighted by Gasteiger charge is 2.12. The minimum Gasteiger partial charge on any atom is -0.496 e. The van der Waals surface area contributed by atoms with Crippen LogP contribution in [-0.4, -0.2) is 12.9 Å². The maximum atomic E-state index is 13.0. The summed E-state index contributed by atoms with van der Waals surface area (Å²) in [5, 5.41) is 0. The van der Waals surface area contributed by atoms with Crippen molar-refractivity contribution in [2.75, 3.05) is 7.11 Å². The van der Waals surface area contributed by atoms with E-state index in [1.807, 2.05) is 6.92 Å². The summed E-state index contributed by atoms with van der Waals surface area (Å²) in [7, 11) is 1.48. The Morgan fingerprint density at radius 2 is 2.20 bits per heavy atom. The van der Waals surface area contributed by atoms with Crippen molar-refractivity contribution < 1.29 is 13.9 Å². The molecule has 1 aromatic carbocycles. The lowest BCUT2D eigenvalue weighted by molar-refractivity contribution is 0.0976. The number of rotatable bonds is 5. The Kier molecular flexibility index (Phi) is 4.28. The van der Waals surface area contributed by atoms with Crippen LogP contribution in [0.2, 0.25) is 0 Å². The van der Waals surface area contributed by atoms with Gasteiger partial charge in [-0.25, -0.2) is 4.39 Å². The first kappa shape index (κ1) is 11.7. The van der Waals surface area contributed by atoms with Gasteiger partial charge in [0.1, 0.15) is 11.6 Å². The molecule has 0 N–H and O–H groups in total. The topological polar surface area (TPSA) is 26.3 Å². The van der Waals surface area contributed by atoms with E-state index < -0.39 is 5.82 Å². The van der Waals surface area contributed by atoms with Gasteiger partial charge in [-0.3, -0.25) is 4.79 Å². The smallest absolute Gasteiger partial charge is 0.166 e. The molecule has 3 heteroatoms. The van der Waals surface area contributed by atoms with E-state index in [1.54, 1.807) is 0 Å². The zero-order chi connectivity index (χ0) is 11.3. The number of carbonyl (C=O) groups is 1. The Hall–Kier alpha value is -1.38. The van der Waals surface area contributed by atoms with E-state index in [1.165, 1.54) is 25.3 Å². The van der Waals surface area contributed by atoms with Gasteiger partial charge in [0.05, 0.1) is 12.7 Å². The molecule has 0 saturated heterocycles. The minimum atomic E-state index is -0.407. The highest BCUT2D eigenvalue weighted by atomic mass is 19.1. The van der Waals surface area contributed by atoms with Gasteiger partial charge in [0.25, 0.3) is 0 Å². The zero-order valence-electron chi connectivity index (χ0n) is 9.05. The van der Waals surface area contributed by atoms with Crippen LogP contribution >= 0.6 is 0 Å². The predicted molar refractivity (Wildman–Crippen MR) is 56.8 cm³/mol. The molecule has 2 nitrogen and oxygen atoms in total. The second-order valence-corrected chi connectivity index (χ2v) is 3.37. The fraction of sp³-hybridized carbons (Fsp3) is 0.417. The van der Waals surface area contributed by atoms with E-state index >= 15 is 0 Å². The molecule has 0 aliphatic heterocycles. The van der Waals surface area contributed by atoms with Crippen LogP contribution in [0.1, 0.15) is 36.5 Å². The molecule has 0 bridgehead atoms. The molecule has 1 aromatic rings. The molecule has 0 amide bonds. The fourth-order valence-electron chi connectivity index (χ4n) is 1.37. The molecule has 15 heavy (non-hydrogen) atoms. The van der Waals surface area contributed by atoms with Gasteiger partial charge in [0.15, 0.2) is 5.78 Å². The lowest BCUT2D eigenvalue weighted by Gasteiger charge is -2.07. The second-order valence-electron chi connectivity index (χ2n) is 3.37. The van der Waals surface area contributed by atoms with Crippen molar-refractivity contribution in [3.8, 4) is 5.75 Å². The Morgan fingerprint density at radius 3 is 2.80 bits per heavy atom. The summed E-state index contributed by atoms with van der Waals surface area (Å²) in [6, 6.07) is 4.00.